The van der Waals surface area contributed by atoms with E-state index in [0.29, 0.717) is 0 Å². The van der Waals surface area contributed by atoms with E-state index in [1.165, 1.54) is 0 Å². The van der Waals surface area contributed by atoms with Gasteiger partial charge in [0.1, 0.15) is 12.2 Å². The van der Waals surface area contributed by atoms with Crippen LogP contribution in [0.5, 0.6) is 0 Å². The van der Waals surface area contributed by atoms with Gasteiger partial charge in [-0.15, -0.1) is 0 Å². The number of anilines is 1. The minimum atomic E-state index is -1.22. The first-order chi connectivity index (χ1) is 12.1. The third-order valence-electron chi connectivity index (χ3n) is 2.95. The van der Waals surface area contributed by atoms with Crippen molar-refractivity contribution in [1.29, 1.82) is 0 Å². The van der Waals surface area contributed by atoms with Gasteiger partial charge in [-0.1, -0.05) is 18.2 Å². The number of Topliss-reactive ketones (excluding diaryl/α,β-unsaturated/α-hetero) is 1. The molecule has 0 aromatic heterocycles. The predicted molar refractivity (Wildman–Crippen MR) is 90.8 cm³/mol. The zero-order valence-electron chi connectivity index (χ0n) is 14.2. The van der Waals surface area contributed by atoms with Gasteiger partial charge < -0.3 is 20.6 Å². The fourth-order valence-corrected chi connectivity index (χ4v) is 1.65. The highest BCUT2D eigenvalue weighted by atomic mass is 16.4. The molecule has 0 bridgehead atoms. The van der Waals surface area contributed by atoms with Crippen LogP contribution in [0.2, 0.25) is 0 Å². The second kappa shape index (κ2) is 12.2. The second-order valence-electron chi connectivity index (χ2n) is 5.26. The zero-order chi connectivity index (χ0) is 20.1. The van der Waals surface area contributed by atoms with Crippen LogP contribution in [0.1, 0.15) is 37.7 Å². The summed E-state index contributed by atoms with van der Waals surface area (Å²) in [5.74, 6) is -4.11. The molecule has 4 N–H and O–H groups in total. The lowest BCUT2D eigenvalue weighted by Crippen LogP contribution is -2.13. The van der Waals surface area contributed by atoms with E-state index in [9.17, 15) is 24.0 Å². The van der Waals surface area contributed by atoms with E-state index in [1.54, 1.807) is 6.07 Å². The van der Waals surface area contributed by atoms with Crippen LogP contribution in [0.15, 0.2) is 24.3 Å². The van der Waals surface area contributed by atoms with Gasteiger partial charge in [0.15, 0.2) is 0 Å². The molecule has 26 heavy (non-hydrogen) atoms. The minimum absolute atomic E-state index is 0.00364. The standard InChI is InChI=1S/C11H13NO3.C6H8O5/c1-8-4-2-3-5-9(8)12-10(13)6-7-11(14)15;7-4(3-6(10)11)1-2-5(8)9/h2-5H,6-7H2,1H3,(H,12,13)(H,14,15);1-3H2,(H,8,9)(H,10,11). The smallest absolute Gasteiger partial charge is 0.310 e. The van der Waals surface area contributed by atoms with Crippen molar-refractivity contribution < 1.29 is 39.3 Å². The Morgan fingerprint density at radius 1 is 0.808 bits per heavy atom. The Labute approximate surface area is 149 Å². The lowest BCUT2D eigenvalue weighted by atomic mass is 10.2. The van der Waals surface area contributed by atoms with Crippen LogP contribution in [-0.2, 0) is 24.0 Å². The molecule has 0 radical (unpaired) electrons. The topological polar surface area (TPSA) is 158 Å². The molecule has 1 aromatic carbocycles. The van der Waals surface area contributed by atoms with Crippen molar-refractivity contribution in [2.24, 2.45) is 0 Å². The summed E-state index contributed by atoms with van der Waals surface area (Å²) in [7, 11) is 0. The average molecular weight is 367 g/mol. The Bertz CT molecular complexity index is 668. The van der Waals surface area contributed by atoms with Crippen molar-refractivity contribution in [2.45, 2.75) is 39.0 Å². The van der Waals surface area contributed by atoms with E-state index in [-0.39, 0.29) is 31.6 Å². The quantitative estimate of drug-likeness (QED) is 0.480. The van der Waals surface area contributed by atoms with Crippen molar-refractivity contribution in [3.05, 3.63) is 29.8 Å². The largest absolute Gasteiger partial charge is 0.481 e. The molecule has 142 valence electrons. The molecule has 0 heterocycles. The number of hydrogen-bond donors (Lipinski definition) is 4. The van der Waals surface area contributed by atoms with E-state index >= 15 is 0 Å². The van der Waals surface area contributed by atoms with Gasteiger partial charge in [-0.2, -0.15) is 0 Å². The number of aliphatic carboxylic acids is 3. The maximum Gasteiger partial charge on any atom is 0.310 e. The Morgan fingerprint density at radius 3 is 1.85 bits per heavy atom. The summed E-state index contributed by atoms with van der Waals surface area (Å²) < 4.78 is 0. The van der Waals surface area contributed by atoms with Crippen molar-refractivity contribution in [3.63, 3.8) is 0 Å². The molecule has 9 heteroatoms. The third-order valence-corrected chi connectivity index (χ3v) is 2.95. The van der Waals surface area contributed by atoms with Gasteiger partial charge in [0.2, 0.25) is 5.91 Å². The molecule has 0 saturated heterocycles. The summed E-state index contributed by atoms with van der Waals surface area (Å²) in [5.41, 5.74) is 1.69. The number of hydrogen-bond acceptors (Lipinski definition) is 5. The van der Waals surface area contributed by atoms with Crippen molar-refractivity contribution >= 4 is 35.3 Å². The summed E-state index contributed by atoms with van der Waals surface area (Å²) in [4.78, 5) is 51.8. The Hall–Kier alpha value is -3.23. The van der Waals surface area contributed by atoms with Crippen LogP contribution < -0.4 is 5.32 Å². The van der Waals surface area contributed by atoms with E-state index in [1.807, 2.05) is 25.1 Å². The number of amides is 1. The summed E-state index contributed by atoms with van der Waals surface area (Å²) >= 11 is 0. The Morgan fingerprint density at radius 2 is 1.35 bits per heavy atom. The fraction of sp³-hybridized carbons (Fsp3) is 0.353. The minimum Gasteiger partial charge on any atom is -0.481 e. The maximum absolute atomic E-state index is 11.3. The normalized spacial score (nSPS) is 9.42. The van der Waals surface area contributed by atoms with Gasteiger partial charge in [0.25, 0.3) is 0 Å². The highest BCUT2D eigenvalue weighted by Crippen LogP contribution is 2.13. The van der Waals surface area contributed by atoms with Gasteiger partial charge in [-0.3, -0.25) is 24.0 Å². The average Bonchev–Trinajstić information content (AvgIpc) is 2.53. The molecule has 1 amide bonds. The molecule has 0 aliphatic carbocycles. The lowest BCUT2D eigenvalue weighted by molar-refractivity contribution is -0.142. The number of carboxylic acids is 3. The number of carbonyl (C=O) groups is 5. The first kappa shape index (κ1) is 22.8. The number of carboxylic acid groups (broad SMARTS) is 3. The van der Waals surface area contributed by atoms with Crippen LogP contribution in [-0.4, -0.2) is 44.9 Å². The number of benzene rings is 1. The number of nitrogens with one attached hydrogen (secondary N) is 1. The number of aryl methyl sites for hydroxylation is 1. The van der Waals surface area contributed by atoms with Crippen molar-refractivity contribution in [3.8, 4) is 0 Å². The van der Waals surface area contributed by atoms with Crippen LogP contribution in [0, 0.1) is 6.92 Å². The molecule has 0 atom stereocenters. The monoisotopic (exact) mass is 367 g/mol. The second-order valence-corrected chi connectivity index (χ2v) is 5.26. The Balaban J connectivity index is 0.000000508. The molecule has 0 aliphatic heterocycles. The van der Waals surface area contributed by atoms with Crippen LogP contribution in [0.4, 0.5) is 5.69 Å². The van der Waals surface area contributed by atoms with E-state index in [2.05, 4.69) is 5.32 Å². The van der Waals surface area contributed by atoms with E-state index in [4.69, 9.17) is 15.3 Å². The molecular formula is C17H21NO8. The Kier molecular flexibility index (Phi) is 10.7. The molecule has 0 unspecified atom stereocenters. The number of carbonyl (C=O) groups excluding carboxylic acids is 2. The van der Waals surface area contributed by atoms with Crippen molar-refractivity contribution in [2.75, 3.05) is 5.32 Å². The van der Waals surface area contributed by atoms with E-state index < -0.39 is 30.1 Å². The van der Waals surface area contributed by atoms with Crippen molar-refractivity contribution in [1.82, 2.24) is 0 Å². The molecule has 0 fully saturated rings. The van der Waals surface area contributed by atoms with Crippen LogP contribution in [0.3, 0.4) is 0 Å². The first-order valence-corrected chi connectivity index (χ1v) is 7.64. The summed E-state index contributed by atoms with van der Waals surface area (Å²) in [5, 5.41) is 27.2. The molecule has 0 spiro atoms. The highest BCUT2D eigenvalue weighted by molar-refractivity contribution is 5.95. The molecule has 9 nitrogen and oxygen atoms in total. The maximum atomic E-state index is 11.3. The summed E-state index contributed by atoms with van der Waals surface area (Å²) in [6, 6.07) is 7.36. The van der Waals surface area contributed by atoms with Gasteiger partial charge in [0, 0.05) is 18.5 Å². The first-order valence-electron chi connectivity index (χ1n) is 7.64. The highest BCUT2D eigenvalue weighted by Gasteiger charge is 2.09. The van der Waals surface area contributed by atoms with Gasteiger partial charge >= 0.3 is 17.9 Å². The molecule has 1 rings (SSSR count). The SMILES string of the molecule is Cc1ccccc1NC(=O)CCC(=O)O.O=C(O)CCC(=O)CC(=O)O. The van der Waals surface area contributed by atoms with Gasteiger partial charge in [-0.05, 0) is 18.6 Å². The number of rotatable bonds is 9. The number of ketones is 1. The molecule has 0 saturated carbocycles. The third kappa shape index (κ3) is 12.2. The summed E-state index contributed by atoms with van der Waals surface area (Å²) in [6.07, 6.45) is -1.23. The van der Waals surface area contributed by atoms with Crippen LogP contribution >= 0.6 is 0 Å². The number of para-hydroxylation sites is 1. The van der Waals surface area contributed by atoms with Gasteiger partial charge in [-0.25, -0.2) is 0 Å². The van der Waals surface area contributed by atoms with Crippen LogP contribution in [0.25, 0.3) is 0 Å². The molecule has 0 aliphatic rings. The summed E-state index contributed by atoms with van der Waals surface area (Å²) in [6.45, 7) is 1.88. The fourth-order valence-electron chi connectivity index (χ4n) is 1.65. The molecule has 1 aromatic rings. The zero-order valence-corrected chi connectivity index (χ0v) is 14.2. The lowest BCUT2D eigenvalue weighted by Gasteiger charge is -2.06. The van der Waals surface area contributed by atoms with Gasteiger partial charge in [0.05, 0.1) is 12.8 Å². The molecular weight excluding hydrogens is 346 g/mol. The van der Waals surface area contributed by atoms with E-state index in [0.717, 1.165) is 11.3 Å². The predicted octanol–water partition coefficient (Wildman–Crippen LogP) is 1.69.